The predicted octanol–water partition coefficient (Wildman–Crippen LogP) is 2.78. The maximum absolute atomic E-state index is 12.4. The van der Waals surface area contributed by atoms with Crippen LogP contribution in [0.1, 0.15) is 25.0 Å². The molecule has 0 saturated carbocycles. The highest BCUT2D eigenvalue weighted by Gasteiger charge is 2.15. The molecule has 1 aliphatic rings. The van der Waals surface area contributed by atoms with Gasteiger partial charge in [-0.15, -0.1) is 12.4 Å². The second-order valence-electron chi connectivity index (χ2n) is 8.32. The number of Topliss-reactive ketones (excluding diaryl/α,β-unsaturated/α-hetero) is 1. The number of nitrogens with zero attached hydrogens (tertiary/aromatic N) is 3. The number of hydrogen-bond donors (Lipinski definition) is 1. The second-order valence-corrected chi connectivity index (χ2v) is 8.32. The molecule has 0 spiro atoms. The van der Waals surface area contributed by atoms with Gasteiger partial charge in [-0.3, -0.25) is 9.78 Å². The van der Waals surface area contributed by atoms with Gasteiger partial charge in [0.25, 0.3) is 0 Å². The Bertz CT molecular complexity index is 809. The van der Waals surface area contributed by atoms with Gasteiger partial charge < -0.3 is 19.9 Å². The number of aromatic nitrogens is 1. The third-order valence-electron chi connectivity index (χ3n) is 5.42. The van der Waals surface area contributed by atoms with Crippen molar-refractivity contribution in [3.8, 4) is 5.75 Å². The van der Waals surface area contributed by atoms with E-state index in [0.717, 1.165) is 67.8 Å². The monoisotopic (exact) mass is 434 g/mol. The van der Waals surface area contributed by atoms with Crippen LogP contribution in [0.15, 0.2) is 30.5 Å². The molecule has 0 bridgehead atoms. The number of ether oxygens (including phenoxy) is 1. The van der Waals surface area contributed by atoms with Gasteiger partial charge in [-0.2, -0.15) is 0 Å². The summed E-state index contributed by atoms with van der Waals surface area (Å²) in [5.41, 5.74) is 0.831. The van der Waals surface area contributed by atoms with Crippen molar-refractivity contribution >= 4 is 29.0 Å². The molecule has 166 valence electrons. The first-order valence-corrected chi connectivity index (χ1v) is 10.6. The number of carbonyl (C=O) groups excluding carboxylic acids is 1. The largest absolute Gasteiger partial charge is 0.490 e. The minimum atomic E-state index is 0. The number of benzene rings is 1. The zero-order valence-electron chi connectivity index (χ0n) is 18.4. The highest BCUT2D eigenvalue weighted by Crippen LogP contribution is 2.23. The number of likely N-dealkylation sites (N-methyl/N-ethyl adjacent to an activating group) is 2. The quantitative estimate of drug-likeness (QED) is 0.620. The molecule has 1 aromatic heterocycles. The molecule has 1 aliphatic heterocycles. The van der Waals surface area contributed by atoms with Gasteiger partial charge in [0, 0.05) is 49.8 Å². The predicted molar refractivity (Wildman–Crippen MR) is 125 cm³/mol. The van der Waals surface area contributed by atoms with Crippen LogP contribution in [0.5, 0.6) is 5.75 Å². The van der Waals surface area contributed by atoms with Crippen molar-refractivity contribution in [2.24, 2.45) is 0 Å². The van der Waals surface area contributed by atoms with Crippen LogP contribution in [-0.4, -0.2) is 80.5 Å². The molecule has 0 atom stereocenters. The van der Waals surface area contributed by atoms with Gasteiger partial charge in [0.15, 0.2) is 0 Å². The van der Waals surface area contributed by atoms with Crippen LogP contribution in [0.3, 0.4) is 0 Å². The lowest BCUT2D eigenvalue weighted by Crippen LogP contribution is -2.34. The summed E-state index contributed by atoms with van der Waals surface area (Å²) >= 11 is 0. The standard InChI is InChI=1S/C23H34N4O2.ClH/c1-26(2)12-13-27(3)11-8-21(28)16-20-14-19-15-23(5-4-18(19)17-25-20)29-22-6-9-24-10-7-22;/h4-5,14-15,17,22,24H,6-13,16H2,1-3H3;1H. The molecule has 0 aliphatic carbocycles. The van der Waals surface area contributed by atoms with E-state index in [9.17, 15) is 4.79 Å². The first kappa shape index (κ1) is 24.5. The summed E-state index contributed by atoms with van der Waals surface area (Å²) < 4.78 is 6.15. The average Bonchev–Trinajstić information content (AvgIpc) is 2.71. The zero-order chi connectivity index (χ0) is 20.6. The van der Waals surface area contributed by atoms with Crippen molar-refractivity contribution in [3.63, 3.8) is 0 Å². The van der Waals surface area contributed by atoms with Gasteiger partial charge in [0.05, 0.1) is 0 Å². The topological polar surface area (TPSA) is 57.7 Å². The molecule has 6 nitrogen and oxygen atoms in total. The summed E-state index contributed by atoms with van der Waals surface area (Å²) in [5, 5.41) is 5.51. The maximum atomic E-state index is 12.4. The van der Waals surface area contributed by atoms with Gasteiger partial charge in [-0.1, -0.05) is 0 Å². The van der Waals surface area contributed by atoms with Crippen LogP contribution in [0, 0.1) is 0 Å². The summed E-state index contributed by atoms with van der Waals surface area (Å²) in [7, 11) is 6.19. The Kier molecular flexibility index (Phi) is 9.98. The summed E-state index contributed by atoms with van der Waals surface area (Å²) in [5.74, 6) is 1.13. The Labute approximate surface area is 186 Å². The van der Waals surface area contributed by atoms with Crippen LogP contribution >= 0.6 is 12.4 Å². The van der Waals surface area contributed by atoms with Gasteiger partial charge in [-0.05, 0) is 76.7 Å². The van der Waals surface area contributed by atoms with Gasteiger partial charge in [-0.25, -0.2) is 0 Å². The smallest absolute Gasteiger partial charge is 0.140 e. The molecule has 0 amide bonds. The Balaban J connectivity index is 0.00000320. The summed E-state index contributed by atoms with van der Waals surface area (Å²) in [4.78, 5) is 21.3. The summed E-state index contributed by atoms with van der Waals surface area (Å²) in [6.07, 6.45) is 5.16. The normalized spacial score (nSPS) is 14.8. The Hall–Kier alpha value is -1.73. The van der Waals surface area contributed by atoms with Gasteiger partial charge >= 0.3 is 0 Å². The Morgan fingerprint density at radius 2 is 1.87 bits per heavy atom. The van der Waals surface area contributed by atoms with Crippen molar-refractivity contribution in [2.75, 3.05) is 53.9 Å². The first-order chi connectivity index (χ1) is 14.0. The van der Waals surface area contributed by atoms with Gasteiger partial charge in [0.1, 0.15) is 17.6 Å². The second kappa shape index (κ2) is 12.2. The number of rotatable bonds is 10. The molecule has 30 heavy (non-hydrogen) atoms. The SMILES string of the molecule is CN(C)CCN(C)CCC(=O)Cc1cc2cc(OC3CCNCC3)ccc2cn1.Cl. The molecule has 1 fully saturated rings. The Morgan fingerprint density at radius 3 is 2.60 bits per heavy atom. The van der Waals surface area contributed by atoms with E-state index in [1.807, 2.05) is 24.4 Å². The van der Waals surface area contributed by atoms with Crippen LogP contribution in [-0.2, 0) is 11.2 Å². The number of halogens is 1. The molecule has 1 saturated heterocycles. The highest BCUT2D eigenvalue weighted by molar-refractivity contribution is 5.86. The molecule has 0 unspecified atom stereocenters. The molecule has 2 aromatic rings. The molecule has 1 N–H and O–H groups in total. The fourth-order valence-electron chi connectivity index (χ4n) is 3.53. The van der Waals surface area contributed by atoms with Crippen LogP contribution in [0.25, 0.3) is 10.8 Å². The first-order valence-electron chi connectivity index (χ1n) is 10.6. The van der Waals surface area contributed by atoms with Crippen LogP contribution < -0.4 is 10.1 Å². The van der Waals surface area contributed by atoms with Crippen molar-refractivity contribution in [1.82, 2.24) is 20.1 Å². The lowest BCUT2D eigenvalue weighted by atomic mass is 10.1. The molecular formula is C23H35ClN4O2. The summed E-state index contributed by atoms with van der Waals surface area (Å²) in [6, 6.07) is 8.16. The van der Waals surface area contributed by atoms with E-state index in [2.05, 4.69) is 47.3 Å². The minimum Gasteiger partial charge on any atom is -0.490 e. The van der Waals surface area contributed by atoms with Crippen molar-refractivity contribution in [2.45, 2.75) is 31.8 Å². The number of fused-ring (bicyclic) bond motifs is 1. The highest BCUT2D eigenvalue weighted by atomic mass is 35.5. The maximum Gasteiger partial charge on any atom is 0.140 e. The van der Waals surface area contributed by atoms with E-state index in [-0.39, 0.29) is 24.3 Å². The lowest BCUT2D eigenvalue weighted by molar-refractivity contribution is -0.118. The molecule has 1 aromatic carbocycles. The van der Waals surface area contributed by atoms with Gasteiger partial charge in [0.2, 0.25) is 0 Å². The van der Waals surface area contributed by atoms with Crippen molar-refractivity contribution in [1.29, 1.82) is 0 Å². The van der Waals surface area contributed by atoms with E-state index in [1.54, 1.807) is 0 Å². The van der Waals surface area contributed by atoms with E-state index in [4.69, 9.17) is 4.74 Å². The van der Waals surface area contributed by atoms with E-state index in [0.29, 0.717) is 12.8 Å². The molecule has 2 heterocycles. The van der Waals surface area contributed by atoms with Crippen LogP contribution in [0.2, 0.25) is 0 Å². The molecular weight excluding hydrogens is 400 g/mol. The molecule has 3 rings (SSSR count). The number of hydrogen-bond acceptors (Lipinski definition) is 6. The number of nitrogens with one attached hydrogen (secondary N) is 1. The molecule has 7 heteroatoms. The number of piperidine rings is 1. The van der Waals surface area contributed by atoms with E-state index >= 15 is 0 Å². The van der Waals surface area contributed by atoms with E-state index in [1.165, 1.54) is 0 Å². The van der Waals surface area contributed by atoms with Crippen LogP contribution in [0.4, 0.5) is 0 Å². The zero-order valence-corrected chi connectivity index (χ0v) is 19.2. The lowest BCUT2D eigenvalue weighted by Gasteiger charge is -2.24. The van der Waals surface area contributed by atoms with E-state index < -0.39 is 0 Å². The van der Waals surface area contributed by atoms with Crippen molar-refractivity contribution < 1.29 is 9.53 Å². The van der Waals surface area contributed by atoms with Crippen molar-refractivity contribution in [3.05, 3.63) is 36.2 Å². The number of pyridine rings is 1. The third-order valence-corrected chi connectivity index (χ3v) is 5.42. The minimum absolute atomic E-state index is 0. The Morgan fingerprint density at radius 1 is 1.10 bits per heavy atom. The number of ketones is 1. The fourth-order valence-corrected chi connectivity index (χ4v) is 3.53. The number of carbonyl (C=O) groups is 1. The third kappa shape index (κ3) is 7.84. The summed E-state index contributed by atoms with van der Waals surface area (Å²) in [6.45, 7) is 4.78. The molecule has 0 radical (unpaired) electrons. The fraction of sp³-hybridized carbons (Fsp3) is 0.565. The average molecular weight is 435 g/mol.